The van der Waals surface area contributed by atoms with Gasteiger partial charge in [0.2, 0.25) is 0 Å². The van der Waals surface area contributed by atoms with Crippen LogP contribution in [-0.2, 0) is 16.1 Å². The van der Waals surface area contributed by atoms with Crippen LogP contribution in [0.4, 0.5) is 0 Å². The van der Waals surface area contributed by atoms with Crippen LogP contribution in [0.15, 0.2) is 35.4 Å². The lowest BCUT2D eigenvalue weighted by Gasteiger charge is -2.23. The minimum Gasteiger partial charge on any atom is -0.459 e. The first-order chi connectivity index (χ1) is 9.58. The maximum atomic E-state index is 12.0. The van der Waals surface area contributed by atoms with Gasteiger partial charge in [0.05, 0.1) is 0 Å². The summed E-state index contributed by atoms with van der Waals surface area (Å²) in [5, 5.41) is 6.14. The zero-order valence-electron chi connectivity index (χ0n) is 12.3. The predicted molar refractivity (Wildman–Crippen MR) is 79.2 cm³/mol. The summed E-state index contributed by atoms with van der Waals surface area (Å²) in [5.74, 6) is 0.728. The van der Waals surface area contributed by atoms with Gasteiger partial charge in [-0.15, -0.1) is 0 Å². The fraction of sp³-hybridized carbons (Fsp3) is 0.500. The van der Waals surface area contributed by atoms with Crippen LogP contribution in [-0.4, -0.2) is 29.8 Å². The lowest BCUT2D eigenvalue weighted by molar-refractivity contribution is -0.150. The van der Waals surface area contributed by atoms with Gasteiger partial charge in [0, 0.05) is 18.7 Å². The van der Waals surface area contributed by atoms with Crippen LogP contribution >= 0.6 is 0 Å². The van der Waals surface area contributed by atoms with Crippen molar-refractivity contribution >= 4 is 12.2 Å². The van der Waals surface area contributed by atoms with E-state index >= 15 is 0 Å². The Labute approximate surface area is 120 Å². The van der Waals surface area contributed by atoms with Gasteiger partial charge in [-0.3, -0.25) is 5.01 Å². The first kappa shape index (κ1) is 14.6. The Morgan fingerprint density at radius 2 is 2.05 bits per heavy atom. The largest absolute Gasteiger partial charge is 0.459 e. The van der Waals surface area contributed by atoms with Gasteiger partial charge < -0.3 is 4.74 Å². The molecule has 108 valence electrons. The van der Waals surface area contributed by atoms with Crippen molar-refractivity contribution in [1.82, 2.24) is 5.01 Å². The van der Waals surface area contributed by atoms with E-state index in [0.717, 1.165) is 12.1 Å². The molecule has 0 aliphatic carbocycles. The summed E-state index contributed by atoms with van der Waals surface area (Å²) in [4.78, 5) is 12.0. The van der Waals surface area contributed by atoms with E-state index in [4.69, 9.17) is 4.74 Å². The molecule has 1 aromatic carbocycles. The van der Waals surface area contributed by atoms with Crippen molar-refractivity contribution in [3.05, 3.63) is 35.9 Å². The molecule has 1 aromatic rings. The number of hydrogen-bond acceptors (Lipinski definition) is 4. The third-order valence-corrected chi connectivity index (χ3v) is 3.67. The molecule has 1 aliphatic heterocycles. The van der Waals surface area contributed by atoms with Crippen LogP contribution in [0.5, 0.6) is 0 Å². The fourth-order valence-corrected chi connectivity index (χ4v) is 2.09. The summed E-state index contributed by atoms with van der Waals surface area (Å²) in [6.07, 6.45) is 1.94. The summed E-state index contributed by atoms with van der Waals surface area (Å²) < 4.78 is 5.34. The highest BCUT2D eigenvalue weighted by Gasteiger charge is 2.28. The van der Waals surface area contributed by atoms with Crippen LogP contribution in [0.2, 0.25) is 0 Å². The molecule has 1 aliphatic rings. The van der Waals surface area contributed by atoms with Crippen LogP contribution in [0.1, 0.15) is 26.3 Å². The lowest BCUT2D eigenvalue weighted by atomic mass is 9.98. The molecule has 0 N–H and O–H groups in total. The molecule has 1 heterocycles. The number of carbonyl (C=O) groups is 1. The minimum atomic E-state index is -0.335. The van der Waals surface area contributed by atoms with Crippen molar-refractivity contribution in [2.24, 2.45) is 16.9 Å². The standard InChI is InChI=1S/C16H22N2O2/c1-12(2)15-9-17-18(10-15)13(3)16(19)20-11-14-7-5-4-6-8-14/h4-9,12-13,15H,10-11H2,1-3H3. The molecule has 0 aromatic heterocycles. The molecule has 0 spiro atoms. The zero-order chi connectivity index (χ0) is 14.5. The van der Waals surface area contributed by atoms with Crippen molar-refractivity contribution in [3.63, 3.8) is 0 Å². The van der Waals surface area contributed by atoms with Gasteiger partial charge in [0.15, 0.2) is 0 Å². The first-order valence-electron chi connectivity index (χ1n) is 7.09. The van der Waals surface area contributed by atoms with E-state index in [-0.39, 0.29) is 12.0 Å². The van der Waals surface area contributed by atoms with Crippen molar-refractivity contribution in [1.29, 1.82) is 0 Å². The molecule has 2 unspecified atom stereocenters. The highest BCUT2D eigenvalue weighted by atomic mass is 16.5. The number of esters is 1. The summed E-state index contributed by atoms with van der Waals surface area (Å²) in [5.41, 5.74) is 0.998. The van der Waals surface area contributed by atoms with Gasteiger partial charge in [-0.2, -0.15) is 5.10 Å². The van der Waals surface area contributed by atoms with E-state index in [2.05, 4.69) is 18.9 Å². The molecule has 2 atom stereocenters. The second-order valence-electron chi connectivity index (χ2n) is 5.56. The molecule has 4 heteroatoms. The summed E-state index contributed by atoms with van der Waals surface area (Å²) in [6, 6.07) is 9.37. The van der Waals surface area contributed by atoms with Gasteiger partial charge in [0.25, 0.3) is 0 Å². The predicted octanol–water partition coefficient (Wildman–Crippen LogP) is 2.69. The smallest absolute Gasteiger partial charge is 0.330 e. The molecule has 0 bridgehead atoms. The zero-order valence-corrected chi connectivity index (χ0v) is 12.3. The number of rotatable bonds is 5. The number of nitrogens with zero attached hydrogens (tertiary/aromatic N) is 2. The Hall–Kier alpha value is -1.84. The normalized spacial score (nSPS) is 19.4. The van der Waals surface area contributed by atoms with E-state index in [1.807, 2.05) is 48.5 Å². The summed E-state index contributed by atoms with van der Waals surface area (Å²) in [6.45, 7) is 7.28. The fourth-order valence-electron chi connectivity index (χ4n) is 2.09. The highest BCUT2D eigenvalue weighted by molar-refractivity contribution is 5.76. The molecule has 20 heavy (non-hydrogen) atoms. The Kier molecular flexibility index (Phi) is 4.77. The molecular formula is C16H22N2O2. The SMILES string of the molecule is CC(C)C1C=NN(C(C)C(=O)OCc2ccccc2)C1. The average molecular weight is 274 g/mol. The van der Waals surface area contributed by atoms with E-state index in [9.17, 15) is 4.79 Å². The topological polar surface area (TPSA) is 41.9 Å². The Morgan fingerprint density at radius 3 is 2.65 bits per heavy atom. The molecule has 0 radical (unpaired) electrons. The number of hydrazone groups is 1. The van der Waals surface area contributed by atoms with E-state index in [0.29, 0.717) is 18.4 Å². The van der Waals surface area contributed by atoms with Crippen LogP contribution in [0.25, 0.3) is 0 Å². The number of hydrogen-bond donors (Lipinski definition) is 0. The molecule has 0 amide bonds. The Balaban J connectivity index is 1.83. The van der Waals surface area contributed by atoms with Crippen molar-refractivity contribution in [2.75, 3.05) is 6.54 Å². The summed E-state index contributed by atoms with van der Waals surface area (Å²) in [7, 11) is 0. The Bertz CT molecular complexity index is 471. The van der Waals surface area contributed by atoms with Gasteiger partial charge in [0.1, 0.15) is 12.6 Å². The third kappa shape index (κ3) is 3.59. The molecule has 4 nitrogen and oxygen atoms in total. The monoisotopic (exact) mass is 274 g/mol. The van der Waals surface area contributed by atoms with Crippen LogP contribution in [0.3, 0.4) is 0 Å². The average Bonchev–Trinajstić information content (AvgIpc) is 2.95. The van der Waals surface area contributed by atoms with Crippen LogP contribution in [0, 0.1) is 11.8 Å². The number of carbonyl (C=O) groups excluding carboxylic acids is 1. The second-order valence-corrected chi connectivity index (χ2v) is 5.56. The van der Waals surface area contributed by atoms with Gasteiger partial charge in [-0.1, -0.05) is 44.2 Å². The van der Waals surface area contributed by atoms with E-state index in [1.165, 1.54) is 0 Å². The second kappa shape index (κ2) is 6.55. The van der Waals surface area contributed by atoms with E-state index < -0.39 is 0 Å². The van der Waals surface area contributed by atoms with Crippen molar-refractivity contribution < 1.29 is 9.53 Å². The van der Waals surface area contributed by atoms with E-state index in [1.54, 1.807) is 0 Å². The molecule has 2 rings (SSSR count). The quantitative estimate of drug-likeness (QED) is 0.775. The maximum absolute atomic E-state index is 12.0. The van der Waals surface area contributed by atoms with Gasteiger partial charge in [-0.05, 0) is 18.4 Å². The van der Waals surface area contributed by atoms with Crippen LogP contribution < -0.4 is 0 Å². The maximum Gasteiger partial charge on any atom is 0.330 e. The van der Waals surface area contributed by atoms with Gasteiger partial charge in [-0.25, -0.2) is 4.79 Å². The molecular weight excluding hydrogens is 252 g/mol. The highest BCUT2D eigenvalue weighted by Crippen LogP contribution is 2.19. The summed E-state index contributed by atoms with van der Waals surface area (Å²) >= 11 is 0. The molecule has 0 fully saturated rings. The third-order valence-electron chi connectivity index (χ3n) is 3.67. The van der Waals surface area contributed by atoms with Crippen molar-refractivity contribution in [3.8, 4) is 0 Å². The van der Waals surface area contributed by atoms with Gasteiger partial charge >= 0.3 is 5.97 Å². The lowest BCUT2D eigenvalue weighted by Crippen LogP contribution is -2.36. The minimum absolute atomic E-state index is 0.226. The number of ether oxygens (including phenoxy) is 1. The first-order valence-corrected chi connectivity index (χ1v) is 7.09. The Morgan fingerprint density at radius 1 is 1.35 bits per heavy atom. The van der Waals surface area contributed by atoms with Crippen molar-refractivity contribution in [2.45, 2.75) is 33.4 Å². The number of benzene rings is 1. The molecule has 0 saturated carbocycles. The molecule has 0 saturated heterocycles.